The van der Waals surface area contributed by atoms with Gasteiger partial charge in [-0.15, -0.1) is 0 Å². The molecule has 0 aliphatic heterocycles. The third-order valence-electron chi connectivity index (χ3n) is 3.53. The van der Waals surface area contributed by atoms with Gasteiger partial charge in [0, 0.05) is 5.56 Å². The number of halogens is 1. The zero-order valence-electron chi connectivity index (χ0n) is 14.7. The number of carbonyl (C=O) groups excluding carboxylic acids is 1. The largest absolute Gasteiger partial charge is 0.496 e. The summed E-state index contributed by atoms with van der Waals surface area (Å²) in [5.41, 5.74) is 1.18. The Hall–Kier alpha value is -2.12. The van der Waals surface area contributed by atoms with Crippen LogP contribution in [0, 0.1) is 0 Å². The second-order valence-corrected chi connectivity index (χ2v) is 6.72. The summed E-state index contributed by atoms with van der Waals surface area (Å²) in [6.45, 7) is 2.74. The SMILES string of the molecule is CCCCOc1ccccc1NC(=S)NC(=O)c1ccc(OC)c(Br)c1. The molecule has 26 heavy (non-hydrogen) atoms. The molecule has 0 aliphatic carbocycles. The average molecular weight is 437 g/mol. The number of amides is 1. The number of thiocarbonyl (C=S) groups is 1. The molecule has 0 aliphatic rings. The molecule has 138 valence electrons. The Kier molecular flexibility index (Phi) is 7.87. The first-order chi connectivity index (χ1) is 12.5. The van der Waals surface area contributed by atoms with Crippen LogP contribution >= 0.6 is 28.1 Å². The number of benzene rings is 2. The zero-order valence-corrected chi connectivity index (χ0v) is 17.1. The molecule has 0 fully saturated rings. The van der Waals surface area contributed by atoms with E-state index in [0.29, 0.717) is 33.8 Å². The Balaban J connectivity index is 2.00. The number of methoxy groups -OCH3 is 1. The van der Waals surface area contributed by atoms with E-state index in [2.05, 4.69) is 33.5 Å². The lowest BCUT2D eigenvalue weighted by atomic mass is 10.2. The van der Waals surface area contributed by atoms with E-state index in [9.17, 15) is 4.79 Å². The molecule has 2 aromatic carbocycles. The van der Waals surface area contributed by atoms with Crippen molar-refractivity contribution >= 4 is 44.9 Å². The highest BCUT2D eigenvalue weighted by Crippen LogP contribution is 2.26. The smallest absolute Gasteiger partial charge is 0.257 e. The molecule has 0 spiro atoms. The third-order valence-corrected chi connectivity index (χ3v) is 4.36. The Bertz CT molecular complexity index is 783. The minimum Gasteiger partial charge on any atom is -0.496 e. The zero-order chi connectivity index (χ0) is 18.9. The van der Waals surface area contributed by atoms with E-state index < -0.39 is 0 Å². The number of para-hydroxylation sites is 2. The van der Waals surface area contributed by atoms with Gasteiger partial charge in [-0.3, -0.25) is 10.1 Å². The Labute approximate surface area is 167 Å². The van der Waals surface area contributed by atoms with Crippen LogP contribution in [0.1, 0.15) is 30.1 Å². The monoisotopic (exact) mass is 436 g/mol. The summed E-state index contributed by atoms with van der Waals surface area (Å²) in [7, 11) is 1.57. The van der Waals surface area contributed by atoms with Gasteiger partial charge >= 0.3 is 0 Å². The fraction of sp³-hybridized carbons (Fsp3) is 0.263. The van der Waals surface area contributed by atoms with Gasteiger partial charge in [-0.2, -0.15) is 0 Å². The predicted molar refractivity (Wildman–Crippen MR) is 111 cm³/mol. The number of nitrogens with one attached hydrogen (secondary N) is 2. The number of unbranched alkanes of at least 4 members (excludes halogenated alkanes) is 1. The molecular weight excluding hydrogens is 416 g/mol. The van der Waals surface area contributed by atoms with Crippen molar-refractivity contribution < 1.29 is 14.3 Å². The van der Waals surface area contributed by atoms with E-state index in [1.165, 1.54) is 0 Å². The minimum atomic E-state index is -0.310. The van der Waals surface area contributed by atoms with Crippen LogP contribution in [0.3, 0.4) is 0 Å². The maximum Gasteiger partial charge on any atom is 0.257 e. The summed E-state index contributed by atoms with van der Waals surface area (Å²) in [5.74, 6) is 1.04. The van der Waals surface area contributed by atoms with Crippen LogP contribution in [0.4, 0.5) is 5.69 Å². The van der Waals surface area contributed by atoms with Crippen molar-refractivity contribution in [2.45, 2.75) is 19.8 Å². The second kappa shape index (κ2) is 10.1. The highest BCUT2D eigenvalue weighted by Gasteiger charge is 2.12. The molecule has 2 aromatic rings. The first kappa shape index (κ1) is 20.2. The van der Waals surface area contributed by atoms with Gasteiger partial charge in [0.15, 0.2) is 5.11 Å². The normalized spacial score (nSPS) is 10.1. The van der Waals surface area contributed by atoms with E-state index in [4.69, 9.17) is 21.7 Å². The fourth-order valence-corrected chi connectivity index (χ4v) is 2.90. The van der Waals surface area contributed by atoms with E-state index >= 15 is 0 Å². The number of ether oxygens (including phenoxy) is 2. The molecule has 7 heteroatoms. The van der Waals surface area contributed by atoms with Crippen LogP contribution < -0.4 is 20.1 Å². The molecule has 0 atom stereocenters. The van der Waals surface area contributed by atoms with Gasteiger partial charge < -0.3 is 14.8 Å². The molecule has 1 amide bonds. The minimum absolute atomic E-state index is 0.202. The fourth-order valence-electron chi connectivity index (χ4n) is 2.16. The lowest BCUT2D eigenvalue weighted by Crippen LogP contribution is -2.34. The Morgan fingerprint density at radius 3 is 2.65 bits per heavy atom. The van der Waals surface area contributed by atoms with E-state index in [0.717, 1.165) is 12.8 Å². The summed E-state index contributed by atoms with van der Waals surface area (Å²) in [5, 5.41) is 5.88. The van der Waals surface area contributed by atoms with Crippen molar-refractivity contribution in [2.24, 2.45) is 0 Å². The van der Waals surface area contributed by atoms with Gasteiger partial charge in [-0.1, -0.05) is 25.5 Å². The van der Waals surface area contributed by atoms with Gasteiger partial charge in [-0.25, -0.2) is 0 Å². The van der Waals surface area contributed by atoms with Crippen LogP contribution in [-0.4, -0.2) is 24.7 Å². The highest BCUT2D eigenvalue weighted by molar-refractivity contribution is 9.10. The molecule has 0 radical (unpaired) electrons. The molecule has 0 unspecified atom stereocenters. The maximum atomic E-state index is 12.4. The van der Waals surface area contributed by atoms with Crippen molar-refractivity contribution in [3.05, 3.63) is 52.5 Å². The van der Waals surface area contributed by atoms with Crippen molar-refractivity contribution in [2.75, 3.05) is 19.0 Å². The van der Waals surface area contributed by atoms with Gasteiger partial charge in [0.05, 0.1) is 23.9 Å². The topological polar surface area (TPSA) is 59.6 Å². The van der Waals surface area contributed by atoms with Crippen LogP contribution in [0.2, 0.25) is 0 Å². The molecule has 0 bridgehead atoms. The number of carbonyl (C=O) groups is 1. The lowest BCUT2D eigenvalue weighted by Gasteiger charge is -2.14. The summed E-state index contributed by atoms with van der Waals surface area (Å²) >= 11 is 8.62. The Morgan fingerprint density at radius 2 is 1.96 bits per heavy atom. The van der Waals surface area contributed by atoms with Crippen LogP contribution in [0.5, 0.6) is 11.5 Å². The molecule has 2 rings (SSSR count). The summed E-state index contributed by atoms with van der Waals surface area (Å²) in [6.07, 6.45) is 2.03. The van der Waals surface area contributed by atoms with Crippen LogP contribution in [0.25, 0.3) is 0 Å². The number of hydrogen-bond acceptors (Lipinski definition) is 4. The molecule has 0 heterocycles. The first-order valence-electron chi connectivity index (χ1n) is 8.22. The maximum absolute atomic E-state index is 12.4. The van der Waals surface area contributed by atoms with Gasteiger partial charge in [0.25, 0.3) is 5.91 Å². The molecule has 0 saturated carbocycles. The number of hydrogen-bond donors (Lipinski definition) is 2. The first-order valence-corrected chi connectivity index (χ1v) is 9.43. The van der Waals surface area contributed by atoms with E-state index in [1.54, 1.807) is 25.3 Å². The quantitative estimate of drug-likeness (QED) is 0.483. The summed E-state index contributed by atoms with van der Waals surface area (Å²) in [6, 6.07) is 12.5. The third kappa shape index (κ3) is 5.71. The van der Waals surface area contributed by atoms with Gasteiger partial charge in [-0.05, 0) is 64.9 Å². The van der Waals surface area contributed by atoms with E-state index in [-0.39, 0.29) is 11.0 Å². The van der Waals surface area contributed by atoms with E-state index in [1.807, 2.05) is 24.3 Å². The van der Waals surface area contributed by atoms with Crippen molar-refractivity contribution in [1.82, 2.24) is 5.32 Å². The molecule has 0 aromatic heterocycles. The highest BCUT2D eigenvalue weighted by atomic mass is 79.9. The number of anilines is 1. The van der Waals surface area contributed by atoms with Crippen molar-refractivity contribution in [3.8, 4) is 11.5 Å². The second-order valence-electron chi connectivity index (χ2n) is 5.46. The summed E-state index contributed by atoms with van der Waals surface area (Å²) < 4.78 is 11.6. The Morgan fingerprint density at radius 1 is 1.19 bits per heavy atom. The number of rotatable bonds is 7. The molecular formula is C19H21BrN2O3S. The molecule has 0 saturated heterocycles. The average Bonchev–Trinajstić information content (AvgIpc) is 2.63. The van der Waals surface area contributed by atoms with Gasteiger partial charge in [0.2, 0.25) is 0 Å². The van der Waals surface area contributed by atoms with Crippen molar-refractivity contribution in [1.29, 1.82) is 0 Å². The molecule has 2 N–H and O–H groups in total. The predicted octanol–water partition coefficient (Wildman–Crippen LogP) is 4.76. The standard InChI is InChI=1S/C19H21BrN2O3S/c1-3-4-11-25-17-8-6-5-7-15(17)21-19(26)22-18(23)13-9-10-16(24-2)14(20)12-13/h5-10,12H,3-4,11H2,1-2H3,(H2,21,22,23,26). The lowest BCUT2D eigenvalue weighted by molar-refractivity contribution is 0.0977. The van der Waals surface area contributed by atoms with Crippen LogP contribution in [0.15, 0.2) is 46.9 Å². The van der Waals surface area contributed by atoms with Gasteiger partial charge in [0.1, 0.15) is 11.5 Å². The van der Waals surface area contributed by atoms with Crippen LogP contribution in [-0.2, 0) is 0 Å². The summed E-state index contributed by atoms with van der Waals surface area (Å²) in [4.78, 5) is 12.4. The molecule has 5 nitrogen and oxygen atoms in total. The van der Waals surface area contributed by atoms with Crippen molar-refractivity contribution in [3.63, 3.8) is 0 Å².